The lowest BCUT2D eigenvalue weighted by molar-refractivity contribution is 0.294. The average molecular weight is 394 g/mol. The monoisotopic (exact) mass is 393 g/mol. The van der Waals surface area contributed by atoms with Gasteiger partial charge in [0, 0.05) is 19.6 Å². The van der Waals surface area contributed by atoms with Crippen LogP contribution in [0, 0.1) is 20.8 Å². The molecule has 1 aliphatic heterocycles. The molecule has 1 heteroatoms. The Morgan fingerprint density at radius 1 is 0.600 bits per heavy atom. The van der Waals surface area contributed by atoms with Gasteiger partial charge >= 0.3 is 0 Å². The molecule has 0 spiro atoms. The van der Waals surface area contributed by atoms with Crippen LogP contribution in [0.5, 0.6) is 0 Å². The highest BCUT2D eigenvalue weighted by Crippen LogP contribution is 2.26. The van der Waals surface area contributed by atoms with Crippen LogP contribution < -0.4 is 0 Å². The summed E-state index contributed by atoms with van der Waals surface area (Å²) in [5.74, 6) is 0. The molecule has 30 heavy (non-hydrogen) atoms. The third-order valence-corrected chi connectivity index (χ3v) is 5.73. The summed E-state index contributed by atoms with van der Waals surface area (Å²) < 4.78 is 0. The van der Waals surface area contributed by atoms with E-state index in [4.69, 9.17) is 0 Å². The van der Waals surface area contributed by atoms with Crippen molar-refractivity contribution in [1.29, 1.82) is 0 Å². The van der Waals surface area contributed by atoms with Crippen LogP contribution in [-0.4, -0.2) is 18.0 Å². The summed E-state index contributed by atoms with van der Waals surface area (Å²) in [6.07, 6.45) is 5.81. The van der Waals surface area contributed by atoms with E-state index in [1.165, 1.54) is 44.5 Å². The van der Waals surface area contributed by atoms with Crippen LogP contribution in [0.2, 0.25) is 0 Å². The van der Waals surface area contributed by atoms with Crippen molar-refractivity contribution in [2.75, 3.05) is 13.1 Å². The van der Waals surface area contributed by atoms with Crippen LogP contribution in [0.25, 0.3) is 12.2 Å². The zero-order valence-electron chi connectivity index (χ0n) is 18.4. The Hall–Kier alpha value is -2.90. The number of hydrogen-bond acceptors (Lipinski definition) is 1. The first-order valence-corrected chi connectivity index (χ1v) is 10.8. The van der Waals surface area contributed by atoms with Gasteiger partial charge in [0.1, 0.15) is 0 Å². The lowest BCUT2D eigenvalue weighted by atomic mass is 9.95. The Balaban J connectivity index is 1.60. The number of piperidine rings is 1. The van der Waals surface area contributed by atoms with Crippen molar-refractivity contribution in [3.8, 4) is 0 Å². The van der Waals surface area contributed by atoms with Gasteiger partial charge in [0.2, 0.25) is 0 Å². The Morgan fingerprint density at radius 2 is 1.00 bits per heavy atom. The lowest BCUT2D eigenvalue weighted by Crippen LogP contribution is -2.32. The number of nitrogens with zero attached hydrogens (tertiary/aromatic N) is 1. The first-order valence-electron chi connectivity index (χ1n) is 10.8. The van der Waals surface area contributed by atoms with E-state index in [2.05, 4.69) is 111 Å². The second kappa shape index (κ2) is 9.28. The molecule has 0 radical (unpaired) electrons. The van der Waals surface area contributed by atoms with Crippen molar-refractivity contribution in [3.05, 3.63) is 117 Å². The fourth-order valence-electron chi connectivity index (χ4n) is 4.09. The molecule has 0 saturated carbocycles. The van der Waals surface area contributed by atoms with Crippen LogP contribution >= 0.6 is 0 Å². The molecule has 1 fully saturated rings. The molecule has 3 aromatic carbocycles. The Labute approximate surface area is 181 Å². The summed E-state index contributed by atoms with van der Waals surface area (Å²) in [4.78, 5) is 2.56. The van der Waals surface area contributed by atoms with Gasteiger partial charge in [-0.05, 0) is 43.9 Å². The Kier molecular flexibility index (Phi) is 6.30. The summed E-state index contributed by atoms with van der Waals surface area (Å²) in [6, 6.07) is 26.6. The predicted octanol–water partition coefficient (Wildman–Crippen LogP) is 6.98. The van der Waals surface area contributed by atoms with E-state index in [0.717, 1.165) is 26.1 Å². The summed E-state index contributed by atoms with van der Waals surface area (Å²) in [6.45, 7) is 9.46. The molecule has 4 rings (SSSR count). The molecule has 0 bridgehead atoms. The van der Waals surface area contributed by atoms with E-state index in [-0.39, 0.29) is 0 Å². The van der Waals surface area contributed by atoms with Crippen molar-refractivity contribution >= 4 is 12.2 Å². The lowest BCUT2D eigenvalue weighted by Gasteiger charge is -2.31. The van der Waals surface area contributed by atoms with Gasteiger partial charge < -0.3 is 0 Å². The largest absolute Gasteiger partial charge is 0.291 e. The van der Waals surface area contributed by atoms with Crippen molar-refractivity contribution in [1.82, 2.24) is 4.90 Å². The number of likely N-dealkylation sites (tertiary alicyclic amines) is 1. The van der Waals surface area contributed by atoms with E-state index >= 15 is 0 Å². The molecule has 3 aromatic rings. The predicted molar refractivity (Wildman–Crippen MR) is 129 cm³/mol. The van der Waals surface area contributed by atoms with Crippen molar-refractivity contribution in [2.24, 2.45) is 0 Å². The van der Waals surface area contributed by atoms with E-state index in [9.17, 15) is 0 Å². The van der Waals surface area contributed by atoms with E-state index in [0.29, 0.717) is 0 Å². The quantitative estimate of drug-likeness (QED) is 0.462. The molecule has 0 amide bonds. The Bertz CT molecular complexity index is 972. The highest BCUT2D eigenvalue weighted by atomic mass is 15.1. The second-order valence-corrected chi connectivity index (χ2v) is 8.73. The van der Waals surface area contributed by atoms with Crippen LogP contribution in [0.1, 0.15) is 39.8 Å². The third kappa shape index (κ3) is 5.58. The maximum absolute atomic E-state index is 2.56. The minimum Gasteiger partial charge on any atom is -0.291 e. The molecular weight excluding hydrogens is 362 g/mol. The van der Waals surface area contributed by atoms with Crippen molar-refractivity contribution in [3.63, 3.8) is 0 Å². The van der Waals surface area contributed by atoms with Crippen LogP contribution in [0.4, 0.5) is 0 Å². The zero-order chi connectivity index (χ0) is 20.9. The van der Waals surface area contributed by atoms with Gasteiger partial charge in [-0.1, -0.05) is 113 Å². The minimum atomic E-state index is 0.983. The summed E-state index contributed by atoms with van der Waals surface area (Å²) in [5, 5.41) is 0. The van der Waals surface area contributed by atoms with E-state index in [1.54, 1.807) is 0 Å². The highest BCUT2D eigenvalue weighted by Gasteiger charge is 2.18. The summed E-state index contributed by atoms with van der Waals surface area (Å²) >= 11 is 0. The standard InChI is InChI=1S/C29H31N/c1-22-4-10-25(11-5-22)16-28-18-29(17-26-12-6-23(2)7-13-26)21-30(20-28)19-27-14-8-24(3)9-15-27/h4-17H,18-21H2,1-3H3. The van der Waals surface area contributed by atoms with Gasteiger partial charge in [-0.25, -0.2) is 0 Å². The van der Waals surface area contributed by atoms with Gasteiger partial charge in [0.25, 0.3) is 0 Å². The molecule has 0 unspecified atom stereocenters. The van der Waals surface area contributed by atoms with Crippen LogP contribution in [0.3, 0.4) is 0 Å². The normalized spacial score (nSPS) is 17.6. The average Bonchev–Trinajstić information content (AvgIpc) is 2.73. The fraction of sp³-hybridized carbons (Fsp3) is 0.241. The van der Waals surface area contributed by atoms with Crippen molar-refractivity contribution in [2.45, 2.75) is 33.7 Å². The molecule has 1 saturated heterocycles. The molecule has 1 nitrogen and oxygen atoms in total. The fourth-order valence-corrected chi connectivity index (χ4v) is 4.09. The minimum absolute atomic E-state index is 0.983. The van der Waals surface area contributed by atoms with E-state index in [1.807, 2.05) is 0 Å². The van der Waals surface area contributed by atoms with Gasteiger partial charge in [-0.15, -0.1) is 0 Å². The second-order valence-electron chi connectivity index (χ2n) is 8.73. The molecule has 152 valence electrons. The van der Waals surface area contributed by atoms with Gasteiger partial charge in [0.05, 0.1) is 0 Å². The smallest absolute Gasteiger partial charge is 0.0240 e. The molecule has 0 aliphatic carbocycles. The first-order chi connectivity index (χ1) is 14.5. The maximum atomic E-state index is 2.56. The van der Waals surface area contributed by atoms with Crippen molar-refractivity contribution < 1.29 is 0 Å². The first kappa shape index (κ1) is 20.4. The topological polar surface area (TPSA) is 3.24 Å². The number of rotatable bonds is 4. The van der Waals surface area contributed by atoms with Gasteiger partial charge in [-0.2, -0.15) is 0 Å². The third-order valence-electron chi connectivity index (χ3n) is 5.73. The molecular formula is C29H31N. The van der Waals surface area contributed by atoms with Crippen LogP contribution in [-0.2, 0) is 6.54 Å². The summed E-state index contributed by atoms with van der Waals surface area (Å²) in [5.41, 5.74) is 10.9. The highest BCUT2D eigenvalue weighted by molar-refractivity contribution is 5.59. The number of aryl methyl sites for hydroxylation is 3. The summed E-state index contributed by atoms with van der Waals surface area (Å²) in [7, 11) is 0. The number of benzene rings is 3. The number of hydrogen-bond donors (Lipinski definition) is 0. The SMILES string of the molecule is Cc1ccc(C=C2CC(=Cc3ccc(C)cc3)CN(Cc3ccc(C)cc3)C2)cc1. The van der Waals surface area contributed by atoms with Crippen LogP contribution in [0.15, 0.2) is 83.9 Å². The van der Waals surface area contributed by atoms with Gasteiger partial charge in [-0.3, -0.25) is 4.90 Å². The molecule has 0 atom stereocenters. The zero-order valence-corrected chi connectivity index (χ0v) is 18.4. The molecule has 0 aromatic heterocycles. The molecule has 0 N–H and O–H groups in total. The Morgan fingerprint density at radius 3 is 1.43 bits per heavy atom. The maximum Gasteiger partial charge on any atom is 0.0240 e. The van der Waals surface area contributed by atoms with Gasteiger partial charge in [0.15, 0.2) is 0 Å². The molecule has 1 heterocycles. The van der Waals surface area contributed by atoms with E-state index < -0.39 is 0 Å². The molecule has 1 aliphatic rings.